The minimum absolute atomic E-state index is 0.371. The van der Waals surface area contributed by atoms with Crippen molar-refractivity contribution >= 4 is 6.26 Å². The molecule has 0 aromatic carbocycles. The van der Waals surface area contributed by atoms with E-state index in [0.29, 0.717) is 23.2 Å². The van der Waals surface area contributed by atoms with E-state index in [1.54, 1.807) is 0 Å². The number of hydrogen-bond acceptors (Lipinski definition) is 1. The van der Waals surface area contributed by atoms with Gasteiger partial charge in [-0.3, -0.25) is 0 Å². The van der Waals surface area contributed by atoms with Crippen LogP contribution in [0.25, 0.3) is 0 Å². The summed E-state index contributed by atoms with van der Waals surface area (Å²) in [4.78, 5) is 11.1. The molecule has 1 nitrogen and oxygen atoms in total. The van der Waals surface area contributed by atoms with Crippen molar-refractivity contribution in [2.24, 2.45) is 46.3 Å². The standard InChI is InChI=1S/C24H40O/c1-17(7-6-16-25)20-11-12-21-19-10-9-18-8-4-5-14-23(18,2)22(19)13-15-24(20,21)3/h16-22H,4-15H2,1-3H3/t17-,18?,19+,20-,21+,22+,23+,24-/m1/s1/i16D. The van der Waals surface area contributed by atoms with Crippen molar-refractivity contribution in [1.29, 1.82) is 0 Å². The average Bonchev–Trinajstić information content (AvgIpc) is 2.96. The number of fused-ring (bicyclic) bond motifs is 5. The maximum atomic E-state index is 11.1. The molecule has 1 unspecified atom stereocenters. The zero-order valence-corrected chi connectivity index (χ0v) is 16.9. The first kappa shape index (κ1) is 16.8. The molecule has 8 atom stereocenters. The van der Waals surface area contributed by atoms with E-state index in [1.165, 1.54) is 64.2 Å². The smallest absolute Gasteiger partial charge is 0.120 e. The van der Waals surface area contributed by atoms with Crippen LogP contribution in [0, 0.1) is 46.3 Å². The summed E-state index contributed by atoms with van der Waals surface area (Å²) in [5, 5.41) is 0. The Labute approximate surface area is 157 Å². The molecule has 0 radical (unpaired) electrons. The van der Waals surface area contributed by atoms with Crippen LogP contribution in [-0.2, 0) is 4.79 Å². The molecule has 1 heteroatoms. The predicted molar refractivity (Wildman–Crippen MR) is 104 cm³/mol. The van der Waals surface area contributed by atoms with Gasteiger partial charge in [-0.2, -0.15) is 0 Å². The van der Waals surface area contributed by atoms with Crippen molar-refractivity contribution in [1.82, 2.24) is 0 Å². The first-order valence-electron chi connectivity index (χ1n) is 11.9. The molecule has 0 N–H and O–H groups in total. The highest BCUT2D eigenvalue weighted by Gasteiger charge is 2.59. The maximum Gasteiger partial charge on any atom is 0.120 e. The van der Waals surface area contributed by atoms with Crippen molar-refractivity contribution in [2.75, 3.05) is 0 Å². The van der Waals surface area contributed by atoms with Crippen LogP contribution in [0.3, 0.4) is 0 Å². The van der Waals surface area contributed by atoms with Gasteiger partial charge in [-0.05, 0) is 104 Å². The van der Waals surface area contributed by atoms with Crippen LogP contribution >= 0.6 is 0 Å². The molecular weight excluding hydrogens is 304 g/mol. The fourth-order valence-corrected chi connectivity index (χ4v) is 8.76. The van der Waals surface area contributed by atoms with Gasteiger partial charge in [0.05, 0.1) is 0 Å². The summed E-state index contributed by atoms with van der Waals surface area (Å²) in [7, 11) is 0. The largest absolute Gasteiger partial charge is 0.303 e. The molecule has 0 aromatic rings. The van der Waals surface area contributed by atoms with Crippen LogP contribution in [0.5, 0.6) is 0 Å². The number of hydrogen-bond donors (Lipinski definition) is 0. The van der Waals surface area contributed by atoms with Gasteiger partial charge in [0, 0.05) is 6.42 Å². The third kappa shape index (κ3) is 2.74. The molecule has 0 aromatic heterocycles. The zero-order valence-electron chi connectivity index (χ0n) is 17.9. The van der Waals surface area contributed by atoms with Gasteiger partial charge < -0.3 is 4.79 Å². The monoisotopic (exact) mass is 345 g/mol. The lowest BCUT2D eigenvalue weighted by Crippen LogP contribution is -2.53. The summed E-state index contributed by atoms with van der Waals surface area (Å²) in [5.74, 6) is 5.30. The van der Waals surface area contributed by atoms with Crippen LogP contribution in [0.2, 0.25) is 0 Å². The highest BCUT2D eigenvalue weighted by Crippen LogP contribution is 2.68. The molecule has 4 fully saturated rings. The zero-order chi connectivity index (χ0) is 18.5. The summed E-state index contributed by atoms with van der Waals surface area (Å²) in [5.41, 5.74) is 1.15. The minimum Gasteiger partial charge on any atom is -0.303 e. The topological polar surface area (TPSA) is 17.1 Å². The van der Waals surface area contributed by atoms with Crippen molar-refractivity contribution < 1.29 is 6.17 Å². The van der Waals surface area contributed by atoms with Crippen molar-refractivity contribution in [3.63, 3.8) is 0 Å². The van der Waals surface area contributed by atoms with E-state index >= 15 is 0 Å². The predicted octanol–water partition coefficient (Wildman–Crippen LogP) is 6.65. The average molecular weight is 346 g/mol. The Bertz CT molecular complexity index is 544. The molecule has 4 aliphatic rings. The lowest BCUT2D eigenvalue weighted by atomic mass is 9.44. The SMILES string of the molecule is [2H]C(=O)CC[C@@H](C)[C@H]1CC[C@H]2[C@@H]3CCC4CCCC[C@]4(C)[C@H]3CC[C@]12C. The van der Waals surface area contributed by atoms with E-state index in [2.05, 4.69) is 20.8 Å². The summed E-state index contributed by atoms with van der Waals surface area (Å²) < 4.78 is 7.26. The van der Waals surface area contributed by atoms with Gasteiger partial charge in [0.2, 0.25) is 0 Å². The molecule has 0 amide bonds. The number of carbonyl (C=O) groups excluding carboxylic acids is 1. The Balaban J connectivity index is 1.52. The molecule has 0 bridgehead atoms. The molecular formula is C24H40O. The van der Waals surface area contributed by atoms with Crippen LogP contribution < -0.4 is 0 Å². The van der Waals surface area contributed by atoms with Crippen LogP contribution in [0.4, 0.5) is 0 Å². The van der Waals surface area contributed by atoms with E-state index in [4.69, 9.17) is 1.37 Å². The van der Waals surface area contributed by atoms with E-state index in [-0.39, 0.29) is 6.26 Å². The van der Waals surface area contributed by atoms with Crippen LogP contribution in [0.1, 0.15) is 99.2 Å². The number of aldehydes is 1. The number of carbonyl (C=O) groups is 1. The molecule has 25 heavy (non-hydrogen) atoms. The van der Waals surface area contributed by atoms with Crippen molar-refractivity contribution in [3.05, 3.63) is 0 Å². The Morgan fingerprint density at radius 3 is 2.60 bits per heavy atom. The Kier molecular flexibility index (Phi) is 4.49. The van der Waals surface area contributed by atoms with E-state index < -0.39 is 0 Å². The second-order valence-corrected chi connectivity index (χ2v) is 10.8. The Morgan fingerprint density at radius 1 is 1.00 bits per heavy atom. The molecule has 0 spiro atoms. The normalized spacial score (nSPS) is 51.0. The fraction of sp³-hybridized carbons (Fsp3) is 0.958. The molecule has 4 rings (SSSR count). The van der Waals surface area contributed by atoms with Gasteiger partial charge in [-0.15, -0.1) is 0 Å². The van der Waals surface area contributed by atoms with E-state index in [1.807, 2.05) is 0 Å². The van der Waals surface area contributed by atoms with Crippen molar-refractivity contribution in [3.8, 4) is 0 Å². The molecule has 0 heterocycles. The summed E-state index contributed by atoms with van der Waals surface area (Å²) in [6, 6.07) is 0. The summed E-state index contributed by atoms with van der Waals surface area (Å²) >= 11 is 0. The van der Waals surface area contributed by atoms with Gasteiger partial charge in [0.15, 0.2) is 0 Å². The lowest BCUT2D eigenvalue weighted by Gasteiger charge is -2.61. The van der Waals surface area contributed by atoms with Gasteiger partial charge in [0.1, 0.15) is 7.63 Å². The quantitative estimate of drug-likeness (QED) is 0.521. The minimum atomic E-state index is -0.371. The molecule has 142 valence electrons. The highest BCUT2D eigenvalue weighted by molar-refractivity contribution is 5.49. The second kappa shape index (κ2) is 6.68. The lowest BCUT2D eigenvalue weighted by molar-refractivity contribution is -0.115. The summed E-state index contributed by atoms with van der Waals surface area (Å²) in [6.07, 6.45) is 15.7. The fourth-order valence-electron chi connectivity index (χ4n) is 8.76. The van der Waals surface area contributed by atoms with E-state index in [9.17, 15) is 4.79 Å². The first-order valence-corrected chi connectivity index (χ1v) is 11.4. The van der Waals surface area contributed by atoms with E-state index in [0.717, 1.165) is 36.0 Å². The number of rotatable bonds is 4. The highest BCUT2D eigenvalue weighted by atomic mass is 16.1. The van der Waals surface area contributed by atoms with Gasteiger partial charge in [-0.25, -0.2) is 0 Å². The second-order valence-electron chi connectivity index (χ2n) is 10.8. The molecule has 4 aliphatic carbocycles. The Hall–Kier alpha value is -0.330. The van der Waals surface area contributed by atoms with Gasteiger partial charge >= 0.3 is 0 Å². The molecule has 0 aliphatic heterocycles. The Morgan fingerprint density at radius 2 is 1.80 bits per heavy atom. The van der Waals surface area contributed by atoms with Crippen LogP contribution in [0.15, 0.2) is 0 Å². The maximum absolute atomic E-state index is 11.1. The molecule has 0 saturated heterocycles. The first-order chi connectivity index (χ1) is 12.4. The van der Waals surface area contributed by atoms with Crippen molar-refractivity contribution in [2.45, 2.75) is 97.8 Å². The van der Waals surface area contributed by atoms with Crippen LogP contribution in [-0.4, -0.2) is 6.26 Å². The van der Waals surface area contributed by atoms with Gasteiger partial charge in [0.25, 0.3) is 0 Å². The third-order valence-electron chi connectivity index (χ3n) is 10.0. The molecule has 4 saturated carbocycles. The summed E-state index contributed by atoms with van der Waals surface area (Å²) in [6.45, 7) is 7.65. The third-order valence-corrected chi connectivity index (χ3v) is 10.0. The van der Waals surface area contributed by atoms with Gasteiger partial charge in [-0.1, -0.05) is 33.6 Å².